The molecular formula is C9H18N2O. The Morgan fingerprint density at radius 2 is 2.33 bits per heavy atom. The first-order valence-electron chi connectivity index (χ1n) is 4.91. The van der Waals surface area contributed by atoms with E-state index in [9.17, 15) is 5.11 Å². The molecule has 2 fully saturated rings. The van der Waals surface area contributed by atoms with Gasteiger partial charge in [0.05, 0.1) is 6.10 Å². The first-order chi connectivity index (χ1) is 5.79. The molecule has 1 saturated carbocycles. The van der Waals surface area contributed by atoms with Crippen LogP contribution in [-0.4, -0.2) is 41.8 Å². The third-order valence-electron chi connectivity index (χ3n) is 3.24. The van der Waals surface area contributed by atoms with Crippen LogP contribution in [0.2, 0.25) is 0 Å². The zero-order valence-electron chi connectivity index (χ0n) is 7.45. The minimum atomic E-state index is -0.315. The minimum Gasteiger partial charge on any atom is -0.390 e. The summed E-state index contributed by atoms with van der Waals surface area (Å²) in [4.78, 5) is 2.41. The number of nitrogens with two attached hydrogens (primary N) is 1. The van der Waals surface area contributed by atoms with Gasteiger partial charge in [0, 0.05) is 25.7 Å². The smallest absolute Gasteiger partial charge is 0.0789 e. The maximum absolute atomic E-state index is 9.38. The van der Waals surface area contributed by atoms with Gasteiger partial charge in [-0.25, -0.2) is 0 Å². The first kappa shape index (κ1) is 8.48. The molecule has 2 unspecified atom stereocenters. The maximum Gasteiger partial charge on any atom is 0.0789 e. The van der Waals surface area contributed by atoms with Crippen molar-refractivity contribution in [2.45, 2.75) is 31.4 Å². The van der Waals surface area contributed by atoms with Crippen LogP contribution in [0.4, 0.5) is 0 Å². The summed E-state index contributed by atoms with van der Waals surface area (Å²) in [5.41, 5.74) is 5.37. The van der Waals surface area contributed by atoms with E-state index in [0.717, 1.165) is 18.5 Å². The summed E-state index contributed by atoms with van der Waals surface area (Å²) in [5, 5.41) is 9.38. The standard InChI is InChI=1S/C9H18N2O/c10-4-9(12)6-11-5-7-1-2-8(11)3-7/h7-9,12H,1-6,10H2/t7?,8?,9-/m0/s1. The predicted octanol–water partition coefficient (Wildman–Crippen LogP) is -0.210. The van der Waals surface area contributed by atoms with Crippen molar-refractivity contribution >= 4 is 0 Å². The van der Waals surface area contributed by atoms with E-state index in [1.54, 1.807) is 0 Å². The molecule has 2 bridgehead atoms. The second-order valence-electron chi connectivity index (χ2n) is 4.18. The third-order valence-corrected chi connectivity index (χ3v) is 3.24. The van der Waals surface area contributed by atoms with Crippen molar-refractivity contribution < 1.29 is 5.11 Å². The van der Waals surface area contributed by atoms with E-state index >= 15 is 0 Å². The lowest BCUT2D eigenvalue weighted by Gasteiger charge is -2.28. The fourth-order valence-electron chi connectivity index (χ4n) is 2.60. The van der Waals surface area contributed by atoms with Crippen LogP contribution in [0.15, 0.2) is 0 Å². The summed E-state index contributed by atoms with van der Waals surface area (Å²) < 4.78 is 0. The molecule has 0 amide bonds. The molecule has 3 nitrogen and oxygen atoms in total. The number of nitrogens with zero attached hydrogens (tertiary/aromatic N) is 1. The highest BCUT2D eigenvalue weighted by Gasteiger charge is 2.37. The van der Waals surface area contributed by atoms with Gasteiger partial charge in [-0.05, 0) is 25.2 Å². The van der Waals surface area contributed by atoms with Crippen LogP contribution >= 0.6 is 0 Å². The zero-order valence-corrected chi connectivity index (χ0v) is 7.45. The van der Waals surface area contributed by atoms with Gasteiger partial charge in [-0.15, -0.1) is 0 Å². The van der Waals surface area contributed by atoms with Crippen molar-refractivity contribution in [3.63, 3.8) is 0 Å². The van der Waals surface area contributed by atoms with E-state index in [4.69, 9.17) is 5.73 Å². The van der Waals surface area contributed by atoms with Crippen molar-refractivity contribution in [1.29, 1.82) is 0 Å². The van der Waals surface area contributed by atoms with Gasteiger partial charge in [-0.3, -0.25) is 4.90 Å². The molecule has 70 valence electrons. The SMILES string of the molecule is NC[C@H](O)CN1CC2CCC1C2. The molecule has 0 spiro atoms. The zero-order chi connectivity index (χ0) is 8.55. The third kappa shape index (κ3) is 1.49. The van der Waals surface area contributed by atoms with Gasteiger partial charge in [-0.2, -0.15) is 0 Å². The average molecular weight is 170 g/mol. The van der Waals surface area contributed by atoms with Gasteiger partial charge in [0.1, 0.15) is 0 Å². The molecule has 1 aliphatic carbocycles. The topological polar surface area (TPSA) is 49.5 Å². The van der Waals surface area contributed by atoms with Gasteiger partial charge in [0.25, 0.3) is 0 Å². The molecule has 0 aromatic rings. The summed E-state index contributed by atoms with van der Waals surface area (Å²) in [5.74, 6) is 0.917. The normalized spacial score (nSPS) is 37.5. The van der Waals surface area contributed by atoms with Crippen molar-refractivity contribution in [2.75, 3.05) is 19.6 Å². The molecule has 3 heteroatoms. The molecule has 0 aromatic heterocycles. The molecule has 0 radical (unpaired) electrons. The van der Waals surface area contributed by atoms with Crippen molar-refractivity contribution in [1.82, 2.24) is 4.90 Å². The predicted molar refractivity (Wildman–Crippen MR) is 47.8 cm³/mol. The van der Waals surface area contributed by atoms with Crippen molar-refractivity contribution in [3.05, 3.63) is 0 Å². The number of aliphatic hydroxyl groups excluding tert-OH is 1. The Kier molecular flexibility index (Phi) is 2.35. The maximum atomic E-state index is 9.38. The summed E-state index contributed by atoms with van der Waals surface area (Å²) in [7, 11) is 0. The first-order valence-corrected chi connectivity index (χ1v) is 4.91. The molecule has 2 rings (SSSR count). The Morgan fingerprint density at radius 3 is 2.83 bits per heavy atom. The monoisotopic (exact) mass is 170 g/mol. The Balaban J connectivity index is 1.82. The second kappa shape index (κ2) is 3.32. The largest absolute Gasteiger partial charge is 0.390 e. The van der Waals surface area contributed by atoms with Crippen LogP contribution in [0.5, 0.6) is 0 Å². The van der Waals surface area contributed by atoms with Crippen LogP contribution in [0.25, 0.3) is 0 Å². The highest BCUT2D eigenvalue weighted by Crippen LogP contribution is 2.37. The summed E-state index contributed by atoms with van der Waals surface area (Å²) in [6.07, 6.45) is 3.78. The van der Waals surface area contributed by atoms with Crippen molar-refractivity contribution in [3.8, 4) is 0 Å². The van der Waals surface area contributed by atoms with Crippen LogP contribution in [0.3, 0.4) is 0 Å². The van der Waals surface area contributed by atoms with Gasteiger partial charge >= 0.3 is 0 Å². The van der Waals surface area contributed by atoms with E-state index in [-0.39, 0.29) is 6.10 Å². The van der Waals surface area contributed by atoms with E-state index in [1.807, 2.05) is 0 Å². The molecule has 1 aliphatic heterocycles. The Morgan fingerprint density at radius 1 is 1.50 bits per heavy atom. The molecule has 3 atom stereocenters. The quantitative estimate of drug-likeness (QED) is 0.616. The fourth-order valence-corrected chi connectivity index (χ4v) is 2.60. The highest BCUT2D eigenvalue weighted by molar-refractivity contribution is 4.92. The van der Waals surface area contributed by atoms with E-state index in [1.165, 1.54) is 25.8 Å². The molecule has 2 aliphatic rings. The van der Waals surface area contributed by atoms with Crippen LogP contribution in [-0.2, 0) is 0 Å². The van der Waals surface area contributed by atoms with Gasteiger partial charge in [0.15, 0.2) is 0 Å². The Labute approximate surface area is 73.5 Å². The van der Waals surface area contributed by atoms with Gasteiger partial charge in [0.2, 0.25) is 0 Å². The Bertz CT molecular complexity index is 163. The molecule has 0 aromatic carbocycles. The second-order valence-corrected chi connectivity index (χ2v) is 4.18. The lowest BCUT2D eigenvalue weighted by molar-refractivity contribution is 0.0998. The average Bonchev–Trinajstić information content (AvgIpc) is 2.64. The van der Waals surface area contributed by atoms with Crippen LogP contribution in [0, 0.1) is 5.92 Å². The number of likely N-dealkylation sites (tertiary alicyclic amines) is 1. The lowest BCUT2D eigenvalue weighted by Crippen LogP contribution is -2.40. The van der Waals surface area contributed by atoms with Crippen LogP contribution < -0.4 is 5.73 Å². The molecule has 1 saturated heterocycles. The summed E-state index contributed by atoms with van der Waals surface area (Å²) in [6.45, 7) is 2.38. The number of β-amino-alcohol motifs (C(OH)–C–C–N with tert-alkyl or cyclic N) is 1. The summed E-state index contributed by atoms with van der Waals surface area (Å²) >= 11 is 0. The lowest BCUT2D eigenvalue weighted by atomic mass is 10.1. The number of fused-ring (bicyclic) bond motifs is 2. The molecule has 1 heterocycles. The number of aliphatic hydroxyl groups is 1. The number of hydrogen-bond acceptors (Lipinski definition) is 3. The van der Waals surface area contributed by atoms with E-state index in [2.05, 4.69) is 4.90 Å². The fraction of sp³-hybridized carbons (Fsp3) is 1.00. The van der Waals surface area contributed by atoms with Gasteiger partial charge in [-0.1, -0.05) is 0 Å². The van der Waals surface area contributed by atoms with Crippen molar-refractivity contribution in [2.24, 2.45) is 11.7 Å². The minimum absolute atomic E-state index is 0.315. The number of piperidine rings is 1. The summed E-state index contributed by atoms with van der Waals surface area (Å²) in [6, 6.07) is 0.760. The van der Waals surface area contributed by atoms with E-state index in [0.29, 0.717) is 6.54 Å². The van der Waals surface area contributed by atoms with E-state index < -0.39 is 0 Å². The van der Waals surface area contributed by atoms with Crippen LogP contribution in [0.1, 0.15) is 19.3 Å². The molecular weight excluding hydrogens is 152 g/mol. The molecule has 3 N–H and O–H groups in total. The Hall–Kier alpha value is -0.120. The highest BCUT2D eigenvalue weighted by atomic mass is 16.3. The number of rotatable bonds is 3. The molecule has 12 heavy (non-hydrogen) atoms. The van der Waals surface area contributed by atoms with Gasteiger partial charge < -0.3 is 10.8 Å². The number of hydrogen-bond donors (Lipinski definition) is 2.